The number of esters is 4. The van der Waals surface area contributed by atoms with Crippen LogP contribution in [0.15, 0.2) is 0 Å². The summed E-state index contributed by atoms with van der Waals surface area (Å²) in [7, 11) is 2.91. The van der Waals surface area contributed by atoms with E-state index < -0.39 is 34.7 Å². The second-order valence-corrected chi connectivity index (χ2v) is 8.57. The summed E-state index contributed by atoms with van der Waals surface area (Å²) in [4.78, 5) is 48.1. The van der Waals surface area contributed by atoms with Crippen molar-refractivity contribution >= 4 is 23.9 Å². The minimum Gasteiger partial charge on any atom is -0.465 e. The van der Waals surface area contributed by atoms with Gasteiger partial charge in [0.2, 0.25) is 0 Å². The third kappa shape index (κ3) is 13.4. The molecule has 0 spiro atoms. The van der Waals surface area contributed by atoms with Gasteiger partial charge in [-0.15, -0.1) is 0 Å². The van der Waals surface area contributed by atoms with Gasteiger partial charge in [0.05, 0.1) is 26.4 Å². The highest BCUT2D eigenvalue weighted by molar-refractivity contribution is 5.78. The van der Waals surface area contributed by atoms with Crippen LogP contribution in [-0.4, -0.2) is 91.0 Å². The number of hydrogen-bond acceptors (Lipinski definition) is 11. The standard InChI is InChI=1S/C24H42O11/c1-7-32-21(27)23(3,15-29-5)17-34-19(25)11-9-13-31-14-10-12-20(26)35-18-24(4,16-30-6)22(28)33-8-2/h7-18H2,1-6H3. The summed E-state index contributed by atoms with van der Waals surface area (Å²) >= 11 is 0. The van der Waals surface area contributed by atoms with E-state index in [0.717, 1.165) is 0 Å². The van der Waals surface area contributed by atoms with Crippen LogP contribution in [0.5, 0.6) is 0 Å². The predicted octanol–water partition coefficient (Wildman–Crippen LogP) is 2.08. The maximum atomic E-state index is 12.1. The molecule has 0 aromatic heterocycles. The number of ether oxygens (including phenoxy) is 7. The van der Waals surface area contributed by atoms with Crippen molar-refractivity contribution in [2.45, 2.75) is 53.4 Å². The first-order valence-corrected chi connectivity index (χ1v) is 11.8. The molecule has 0 aromatic carbocycles. The van der Waals surface area contributed by atoms with E-state index in [1.54, 1.807) is 27.7 Å². The van der Waals surface area contributed by atoms with Crippen molar-refractivity contribution in [3.63, 3.8) is 0 Å². The first-order chi connectivity index (χ1) is 16.6. The van der Waals surface area contributed by atoms with E-state index in [-0.39, 0.29) is 52.5 Å². The van der Waals surface area contributed by atoms with Gasteiger partial charge in [-0.1, -0.05) is 0 Å². The van der Waals surface area contributed by atoms with Gasteiger partial charge in [0, 0.05) is 40.3 Å². The highest BCUT2D eigenvalue weighted by Crippen LogP contribution is 2.21. The van der Waals surface area contributed by atoms with Gasteiger partial charge in [-0.05, 0) is 40.5 Å². The molecule has 0 radical (unpaired) electrons. The summed E-state index contributed by atoms with van der Waals surface area (Å²) in [6, 6.07) is 0. The van der Waals surface area contributed by atoms with Crippen LogP contribution in [0.1, 0.15) is 53.4 Å². The van der Waals surface area contributed by atoms with E-state index in [2.05, 4.69) is 0 Å². The van der Waals surface area contributed by atoms with Gasteiger partial charge in [0.1, 0.15) is 24.0 Å². The fraction of sp³-hybridized carbons (Fsp3) is 0.833. The number of rotatable bonds is 20. The molecule has 2 atom stereocenters. The second kappa shape index (κ2) is 18.1. The van der Waals surface area contributed by atoms with E-state index in [4.69, 9.17) is 33.2 Å². The zero-order valence-electron chi connectivity index (χ0n) is 22.0. The van der Waals surface area contributed by atoms with Crippen LogP contribution in [0.3, 0.4) is 0 Å². The fourth-order valence-corrected chi connectivity index (χ4v) is 2.93. The van der Waals surface area contributed by atoms with Crippen molar-refractivity contribution in [2.24, 2.45) is 10.8 Å². The normalized spacial score (nSPS) is 14.3. The molecule has 11 heteroatoms. The molecule has 0 aromatic rings. The van der Waals surface area contributed by atoms with E-state index in [0.29, 0.717) is 26.1 Å². The summed E-state index contributed by atoms with van der Waals surface area (Å²) in [6.45, 7) is 7.56. The van der Waals surface area contributed by atoms with Crippen LogP contribution < -0.4 is 0 Å². The van der Waals surface area contributed by atoms with Crippen molar-refractivity contribution in [1.29, 1.82) is 0 Å². The molecule has 0 bridgehead atoms. The molecular weight excluding hydrogens is 464 g/mol. The summed E-state index contributed by atoms with van der Waals surface area (Å²) in [6.07, 6.45) is 1.11. The second-order valence-electron chi connectivity index (χ2n) is 8.57. The SMILES string of the molecule is CCOC(=O)C(C)(COC)COC(=O)CCCOCCCC(=O)OCC(C)(COC)C(=O)OCC. The average Bonchev–Trinajstić information content (AvgIpc) is 2.81. The van der Waals surface area contributed by atoms with E-state index >= 15 is 0 Å². The zero-order valence-corrected chi connectivity index (χ0v) is 22.0. The lowest BCUT2D eigenvalue weighted by atomic mass is 9.93. The van der Waals surface area contributed by atoms with E-state index in [9.17, 15) is 19.2 Å². The molecule has 0 N–H and O–H groups in total. The number of hydrogen-bond donors (Lipinski definition) is 0. The van der Waals surface area contributed by atoms with Gasteiger partial charge in [-0.2, -0.15) is 0 Å². The Morgan fingerprint density at radius 2 is 0.971 bits per heavy atom. The first-order valence-electron chi connectivity index (χ1n) is 11.8. The molecule has 0 saturated heterocycles. The van der Waals surface area contributed by atoms with Gasteiger partial charge < -0.3 is 33.2 Å². The van der Waals surface area contributed by atoms with Crippen molar-refractivity contribution in [3.05, 3.63) is 0 Å². The minimum absolute atomic E-state index is 0.0686. The van der Waals surface area contributed by atoms with Gasteiger partial charge in [-0.25, -0.2) is 0 Å². The monoisotopic (exact) mass is 506 g/mol. The highest BCUT2D eigenvalue weighted by atomic mass is 16.6. The highest BCUT2D eigenvalue weighted by Gasteiger charge is 2.37. The lowest BCUT2D eigenvalue weighted by Crippen LogP contribution is -2.39. The van der Waals surface area contributed by atoms with Crippen LogP contribution >= 0.6 is 0 Å². The minimum atomic E-state index is -1.07. The maximum Gasteiger partial charge on any atom is 0.317 e. The molecule has 35 heavy (non-hydrogen) atoms. The third-order valence-corrected chi connectivity index (χ3v) is 4.90. The number of carbonyl (C=O) groups is 4. The largest absolute Gasteiger partial charge is 0.465 e. The smallest absolute Gasteiger partial charge is 0.317 e. The van der Waals surface area contributed by atoms with Gasteiger partial charge >= 0.3 is 23.9 Å². The third-order valence-electron chi connectivity index (χ3n) is 4.90. The molecule has 0 saturated carbocycles. The van der Waals surface area contributed by atoms with Gasteiger partial charge in [-0.3, -0.25) is 19.2 Å². The van der Waals surface area contributed by atoms with Crippen molar-refractivity contribution < 1.29 is 52.3 Å². The topological polar surface area (TPSA) is 133 Å². The average molecular weight is 507 g/mol. The molecule has 0 fully saturated rings. The molecule has 204 valence electrons. The molecule has 0 rings (SSSR count). The molecule has 0 aliphatic rings. The van der Waals surface area contributed by atoms with E-state index in [1.165, 1.54) is 14.2 Å². The fourth-order valence-electron chi connectivity index (χ4n) is 2.93. The van der Waals surface area contributed by atoms with Crippen molar-refractivity contribution in [1.82, 2.24) is 0 Å². The Morgan fingerprint density at radius 1 is 0.600 bits per heavy atom. The Kier molecular flexibility index (Phi) is 16.9. The zero-order chi connectivity index (χ0) is 26.7. The number of carbonyl (C=O) groups excluding carboxylic acids is 4. The molecule has 0 heterocycles. The Hall–Kier alpha value is -2.24. The molecule has 2 unspecified atom stereocenters. The summed E-state index contributed by atoms with van der Waals surface area (Å²) in [5.41, 5.74) is -2.13. The quantitative estimate of drug-likeness (QED) is 0.136. The Balaban J connectivity index is 4.09. The number of methoxy groups -OCH3 is 2. The van der Waals surface area contributed by atoms with Gasteiger partial charge in [0.15, 0.2) is 0 Å². The van der Waals surface area contributed by atoms with Crippen LogP contribution in [0, 0.1) is 10.8 Å². The van der Waals surface area contributed by atoms with Crippen LogP contribution in [-0.2, 0) is 52.3 Å². The van der Waals surface area contributed by atoms with Crippen molar-refractivity contribution in [2.75, 3.05) is 67.1 Å². The molecule has 0 amide bonds. The van der Waals surface area contributed by atoms with E-state index in [1.807, 2.05) is 0 Å². The molecule has 11 nitrogen and oxygen atoms in total. The molecule has 0 aliphatic carbocycles. The summed E-state index contributed by atoms with van der Waals surface area (Å²) < 4.78 is 36.0. The summed E-state index contributed by atoms with van der Waals surface area (Å²) in [5, 5.41) is 0. The molecule has 0 aliphatic heterocycles. The van der Waals surface area contributed by atoms with Crippen LogP contribution in [0.4, 0.5) is 0 Å². The lowest BCUT2D eigenvalue weighted by Gasteiger charge is -2.25. The molecular formula is C24H42O11. The Labute approximate surface area is 208 Å². The van der Waals surface area contributed by atoms with Crippen LogP contribution in [0.2, 0.25) is 0 Å². The maximum absolute atomic E-state index is 12.1. The van der Waals surface area contributed by atoms with Gasteiger partial charge in [0.25, 0.3) is 0 Å². The Morgan fingerprint density at radius 3 is 1.29 bits per heavy atom. The Bertz CT molecular complexity index is 597. The van der Waals surface area contributed by atoms with Crippen molar-refractivity contribution in [3.8, 4) is 0 Å². The predicted molar refractivity (Wildman–Crippen MR) is 124 cm³/mol. The first kappa shape index (κ1) is 32.8. The summed E-state index contributed by atoms with van der Waals surface area (Å²) in [5.74, 6) is -1.88. The van der Waals surface area contributed by atoms with Crippen LogP contribution in [0.25, 0.3) is 0 Å². The lowest BCUT2D eigenvalue weighted by molar-refractivity contribution is -0.167.